The zero-order valence-electron chi connectivity index (χ0n) is 15.7. The Bertz CT molecular complexity index is 1030. The van der Waals surface area contributed by atoms with Crippen LogP contribution >= 0.6 is 0 Å². The molecule has 0 saturated heterocycles. The van der Waals surface area contributed by atoms with Crippen LogP contribution in [0.25, 0.3) is 10.8 Å². The van der Waals surface area contributed by atoms with Crippen LogP contribution < -0.4 is 10.6 Å². The summed E-state index contributed by atoms with van der Waals surface area (Å²) in [6.45, 7) is 1.32. The fourth-order valence-electron chi connectivity index (χ4n) is 2.80. The summed E-state index contributed by atoms with van der Waals surface area (Å²) in [5, 5.41) is 26.6. The van der Waals surface area contributed by atoms with Crippen LogP contribution in [0.15, 0.2) is 64.5 Å². The van der Waals surface area contributed by atoms with Crippen molar-refractivity contribution in [3.8, 4) is 17.6 Å². The molecule has 0 bridgehead atoms. The van der Waals surface area contributed by atoms with Gasteiger partial charge in [0, 0.05) is 18.4 Å². The van der Waals surface area contributed by atoms with Crippen LogP contribution in [0.3, 0.4) is 0 Å². The predicted molar refractivity (Wildman–Crippen MR) is 111 cm³/mol. The molecule has 2 aromatic rings. The fraction of sp³-hybridized carbons (Fsp3) is 0.227. The van der Waals surface area contributed by atoms with Crippen LogP contribution in [0.4, 0.5) is 5.69 Å². The standard InChI is InChI=1S/C22H22N4O2/c1-23-13-8-14-24-22(28)19-15-16-9-6-7-12-18(16)20(21(19)27)26-25-17-10-4-2-3-5-11-17/h4,6-7,9-12,15,23,27H,5,8,13-14H2,1H3,(H,24,28). The third-order valence-electron chi connectivity index (χ3n) is 4.25. The lowest BCUT2D eigenvalue weighted by Crippen LogP contribution is -2.26. The first-order valence-corrected chi connectivity index (χ1v) is 9.15. The van der Waals surface area contributed by atoms with Crippen molar-refractivity contribution < 1.29 is 9.90 Å². The Labute approximate surface area is 164 Å². The molecule has 6 heteroatoms. The molecule has 3 rings (SSSR count). The van der Waals surface area contributed by atoms with Gasteiger partial charge in [-0.1, -0.05) is 36.1 Å². The number of carbonyl (C=O) groups is 1. The monoisotopic (exact) mass is 374 g/mol. The Kier molecular flexibility index (Phi) is 6.55. The van der Waals surface area contributed by atoms with E-state index in [2.05, 4.69) is 32.7 Å². The number of nitrogens with zero attached hydrogens (tertiary/aromatic N) is 2. The van der Waals surface area contributed by atoms with Gasteiger partial charge in [-0.15, -0.1) is 5.11 Å². The van der Waals surface area contributed by atoms with Gasteiger partial charge in [0.2, 0.25) is 0 Å². The van der Waals surface area contributed by atoms with Crippen LogP contribution in [-0.2, 0) is 0 Å². The van der Waals surface area contributed by atoms with E-state index >= 15 is 0 Å². The SMILES string of the molecule is CNCCCNC(=O)c1cc2ccccc2c(N=NC2=CCC#CC=C2)c1O. The summed E-state index contributed by atoms with van der Waals surface area (Å²) in [5.74, 6) is 5.31. The summed E-state index contributed by atoms with van der Waals surface area (Å²) >= 11 is 0. The summed E-state index contributed by atoms with van der Waals surface area (Å²) < 4.78 is 0. The van der Waals surface area contributed by atoms with E-state index in [1.807, 2.05) is 37.4 Å². The molecule has 6 nitrogen and oxygen atoms in total. The number of azo groups is 1. The number of phenols is 1. The molecule has 0 atom stereocenters. The highest BCUT2D eigenvalue weighted by molar-refractivity contribution is 6.06. The summed E-state index contributed by atoms with van der Waals surface area (Å²) in [5.41, 5.74) is 1.10. The second kappa shape index (κ2) is 9.49. The second-order valence-electron chi connectivity index (χ2n) is 6.24. The summed E-state index contributed by atoms with van der Waals surface area (Å²) in [6, 6.07) is 9.14. The number of aromatic hydroxyl groups is 1. The van der Waals surface area contributed by atoms with Crippen molar-refractivity contribution in [1.82, 2.24) is 10.6 Å². The zero-order chi connectivity index (χ0) is 19.8. The number of allylic oxidation sites excluding steroid dienone is 3. The van der Waals surface area contributed by atoms with Crippen LogP contribution in [0, 0.1) is 11.8 Å². The van der Waals surface area contributed by atoms with Gasteiger partial charge < -0.3 is 15.7 Å². The van der Waals surface area contributed by atoms with Gasteiger partial charge in [0.05, 0.1) is 11.3 Å². The Morgan fingerprint density at radius 1 is 1.25 bits per heavy atom. The van der Waals surface area contributed by atoms with Gasteiger partial charge in [-0.2, -0.15) is 5.11 Å². The van der Waals surface area contributed by atoms with Gasteiger partial charge in [0.25, 0.3) is 5.91 Å². The number of phenolic OH excluding ortho intramolecular Hbond substituents is 1. The lowest BCUT2D eigenvalue weighted by Gasteiger charge is -2.11. The van der Waals surface area contributed by atoms with Crippen molar-refractivity contribution in [2.45, 2.75) is 12.8 Å². The molecular formula is C22H22N4O2. The molecule has 0 aliphatic heterocycles. The van der Waals surface area contributed by atoms with Gasteiger partial charge >= 0.3 is 0 Å². The largest absolute Gasteiger partial charge is 0.505 e. The second-order valence-corrected chi connectivity index (χ2v) is 6.24. The van der Waals surface area contributed by atoms with Crippen LogP contribution in [0.1, 0.15) is 23.2 Å². The number of benzene rings is 2. The average molecular weight is 374 g/mol. The van der Waals surface area contributed by atoms with E-state index in [4.69, 9.17) is 0 Å². The van der Waals surface area contributed by atoms with E-state index in [9.17, 15) is 9.90 Å². The molecule has 3 N–H and O–H groups in total. The first kappa shape index (κ1) is 19.3. The molecular weight excluding hydrogens is 352 g/mol. The normalized spacial score (nSPS) is 13.1. The smallest absolute Gasteiger partial charge is 0.255 e. The maximum Gasteiger partial charge on any atom is 0.255 e. The van der Waals surface area contributed by atoms with E-state index in [1.54, 1.807) is 18.2 Å². The highest BCUT2D eigenvalue weighted by Crippen LogP contribution is 2.39. The number of fused-ring (bicyclic) bond motifs is 1. The van der Waals surface area contributed by atoms with E-state index in [0.717, 1.165) is 23.7 Å². The van der Waals surface area contributed by atoms with Crippen LogP contribution in [0.2, 0.25) is 0 Å². The minimum Gasteiger partial charge on any atom is -0.505 e. The lowest BCUT2D eigenvalue weighted by molar-refractivity contribution is 0.0951. The minimum absolute atomic E-state index is 0.178. The first-order valence-electron chi connectivity index (χ1n) is 9.15. The molecule has 0 radical (unpaired) electrons. The van der Waals surface area contributed by atoms with E-state index in [-0.39, 0.29) is 22.9 Å². The highest BCUT2D eigenvalue weighted by Gasteiger charge is 2.18. The molecule has 1 amide bonds. The number of hydrogen-bond donors (Lipinski definition) is 3. The van der Waals surface area contributed by atoms with Gasteiger partial charge in [-0.05, 0) is 49.7 Å². The van der Waals surface area contributed by atoms with E-state index in [1.165, 1.54) is 0 Å². The Balaban J connectivity index is 1.95. The lowest BCUT2D eigenvalue weighted by atomic mass is 10.0. The summed E-state index contributed by atoms with van der Waals surface area (Å²) in [6.07, 6.45) is 6.72. The fourth-order valence-corrected chi connectivity index (χ4v) is 2.80. The van der Waals surface area contributed by atoms with Crippen molar-refractivity contribution in [3.05, 3.63) is 59.8 Å². The Morgan fingerprint density at radius 3 is 2.96 bits per heavy atom. The minimum atomic E-state index is -0.335. The van der Waals surface area contributed by atoms with Gasteiger partial charge in [-0.3, -0.25) is 4.79 Å². The van der Waals surface area contributed by atoms with Crippen molar-refractivity contribution in [2.24, 2.45) is 10.2 Å². The van der Waals surface area contributed by atoms with Crippen molar-refractivity contribution in [3.63, 3.8) is 0 Å². The number of rotatable bonds is 7. The average Bonchev–Trinajstić information content (AvgIpc) is 2.99. The number of nitrogens with one attached hydrogen (secondary N) is 2. The quantitative estimate of drug-likeness (QED) is 0.391. The Morgan fingerprint density at radius 2 is 2.11 bits per heavy atom. The first-order chi connectivity index (χ1) is 13.7. The predicted octanol–water partition coefficient (Wildman–Crippen LogP) is 3.82. The third-order valence-corrected chi connectivity index (χ3v) is 4.25. The van der Waals surface area contributed by atoms with Crippen molar-refractivity contribution in [1.29, 1.82) is 0 Å². The summed E-state index contributed by atoms with van der Waals surface area (Å²) in [4.78, 5) is 12.6. The molecule has 2 aromatic carbocycles. The van der Waals surface area contributed by atoms with Crippen molar-refractivity contribution >= 4 is 22.4 Å². The molecule has 0 unspecified atom stereocenters. The Hall–Kier alpha value is -3.43. The maximum absolute atomic E-state index is 12.6. The van der Waals surface area contributed by atoms with Crippen LogP contribution in [0.5, 0.6) is 5.75 Å². The molecule has 0 fully saturated rings. The van der Waals surface area contributed by atoms with E-state index < -0.39 is 0 Å². The summed E-state index contributed by atoms with van der Waals surface area (Å²) in [7, 11) is 1.86. The molecule has 142 valence electrons. The van der Waals surface area contributed by atoms with Gasteiger partial charge in [0.1, 0.15) is 5.69 Å². The number of carbonyl (C=O) groups excluding carboxylic acids is 1. The zero-order valence-corrected chi connectivity index (χ0v) is 15.7. The molecule has 1 aliphatic rings. The highest BCUT2D eigenvalue weighted by atomic mass is 16.3. The topological polar surface area (TPSA) is 86.1 Å². The molecule has 0 saturated carbocycles. The molecule has 1 aliphatic carbocycles. The molecule has 28 heavy (non-hydrogen) atoms. The van der Waals surface area contributed by atoms with Gasteiger partial charge in [-0.25, -0.2) is 0 Å². The molecule has 0 spiro atoms. The van der Waals surface area contributed by atoms with E-state index in [0.29, 0.717) is 18.7 Å². The third kappa shape index (κ3) is 4.64. The van der Waals surface area contributed by atoms with Crippen LogP contribution in [-0.4, -0.2) is 31.2 Å². The van der Waals surface area contributed by atoms with Crippen molar-refractivity contribution in [2.75, 3.05) is 20.1 Å². The number of hydrogen-bond acceptors (Lipinski definition) is 5. The number of amides is 1. The molecule has 0 aromatic heterocycles. The molecule has 0 heterocycles. The van der Waals surface area contributed by atoms with Gasteiger partial charge in [0.15, 0.2) is 5.75 Å². The maximum atomic E-state index is 12.6.